The van der Waals surface area contributed by atoms with Gasteiger partial charge in [-0.25, -0.2) is 4.79 Å². The molecule has 1 aromatic heterocycles. The Morgan fingerprint density at radius 2 is 2.00 bits per heavy atom. The number of nitrogens with one attached hydrogen (secondary N) is 1. The number of aromatic nitrogens is 2. The number of rotatable bonds is 3. The Kier molecular flexibility index (Phi) is 2.82. The second kappa shape index (κ2) is 4.29. The Labute approximate surface area is 98.7 Å². The number of aromatic carboxylic acids is 1. The highest BCUT2D eigenvalue weighted by molar-refractivity contribution is 5.92. The number of aryl methyl sites for hydroxylation is 2. The highest BCUT2D eigenvalue weighted by Gasteiger charge is 2.14. The molecule has 0 spiro atoms. The van der Waals surface area contributed by atoms with Crippen molar-refractivity contribution in [2.75, 3.05) is 5.32 Å². The first kappa shape index (κ1) is 11.2. The zero-order valence-electron chi connectivity index (χ0n) is 9.64. The van der Waals surface area contributed by atoms with Gasteiger partial charge >= 0.3 is 5.97 Å². The van der Waals surface area contributed by atoms with Crippen molar-refractivity contribution in [3.8, 4) is 0 Å². The number of hydrogen-bond acceptors (Lipinski definition) is 3. The van der Waals surface area contributed by atoms with Crippen LogP contribution in [-0.2, 0) is 7.05 Å². The summed E-state index contributed by atoms with van der Waals surface area (Å²) < 4.78 is 1.47. The molecule has 0 unspecified atom stereocenters. The highest BCUT2D eigenvalue weighted by atomic mass is 16.4. The van der Waals surface area contributed by atoms with Gasteiger partial charge in [0.05, 0.1) is 5.69 Å². The van der Waals surface area contributed by atoms with Crippen molar-refractivity contribution in [3.63, 3.8) is 0 Å². The molecule has 0 saturated carbocycles. The second-order valence-corrected chi connectivity index (χ2v) is 3.86. The van der Waals surface area contributed by atoms with Gasteiger partial charge in [0.25, 0.3) is 0 Å². The van der Waals surface area contributed by atoms with E-state index < -0.39 is 5.97 Å². The fraction of sp³-hybridized carbons (Fsp3) is 0.167. The van der Waals surface area contributed by atoms with Crippen LogP contribution < -0.4 is 5.32 Å². The number of nitrogens with zero attached hydrogens (tertiary/aromatic N) is 2. The molecule has 88 valence electrons. The first-order chi connectivity index (χ1) is 8.06. The molecule has 0 saturated heterocycles. The van der Waals surface area contributed by atoms with E-state index in [1.165, 1.54) is 4.68 Å². The standard InChI is InChI=1S/C12H13N3O2/c1-8-3-5-9(6-4-8)13-10-7-15(2)14-11(10)12(16)17/h3-7,13H,1-2H3,(H,16,17). The van der Waals surface area contributed by atoms with Crippen LogP contribution in [0, 0.1) is 6.92 Å². The zero-order chi connectivity index (χ0) is 12.4. The van der Waals surface area contributed by atoms with Crippen molar-refractivity contribution in [1.82, 2.24) is 9.78 Å². The molecule has 0 bridgehead atoms. The number of anilines is 2. The van der Waals surface area contributed by atoms with Crippen LogP contribution >= 0.6 is 0 Å². The molecule has 2 aromatic rings. The van der Waals surface area contributed by atoms with Crippen molar-refractivity contribution in [2.24, 2.45) is 7.05 Å². The number of benzene rings is 1. The van der Waals surface area contributed by atoms with E-state index in [1.54, 1.807) is 13.2 Å². The molecule has 1 heterocycles. The Balaban J connectivity index is 2.29. The lowest BCUT2D eigenvalue weighted by molar-refractivity contribution is 0.0690. The molecule has 5 heteroatoms. The van der Waals surface area contributed by atoms with Gasteiger partial charge in [0.1, 0.15) is 0 Å². The number of carboxylic acid groups (broad SMARTS) is 1. The minimum Gasteiger partial charge on any atom is -0.476 e. The monoisotopic (exact) mass is 231 g/mol. The van der Waals surface area contributed by atoms with Gasteiger partial charge in [-0.15, -0.1) is 0 Å². The van der Waals surface area contributed by atoms with Crippen LogP contribution in [-0.4, -0.2) is 20.9 Å². The summed E-state index contributed by atoms with van der Waals surface area (Å²) in [7, 11) is 1.69. The molecule has 0 fully saturated rings. The van der Waals surface area contributed by atoms with Gasteiger partial charge in [0, 0.05) is 18.9 Å². The Bertz CT molecular complexity index is 543. The van der Waals surface area contributed by atoms with Gasteiger partial charge in [-0.05, 0) is 19.1 Å². The molecule has 5 nitrogen and oxygen atoms in total. The first-order valence-electron chi connectivity index (χ1n) is 5.17. The van der Waals surface area contributed by atoms with Crippen LogP contribution in [0.4, 0.5) is 11.4 Å². The van der Waals surface area contributed by atoms with Crippen LogP contribution in [0.25, 0.3) is 0 Å². The normalized spacial score (nSPS) is 10.2. The molecule has 0 aliphatic heterocycles. The van der Waals surface area contributed by atoms with Crippen LogP contribution in [0.2, 0.25) is 0 Å². The SMILES string of the molecule is Cc1ccc(Nc2cn(C)nc2C(=O)O)cc1. The fourth-order valence-corrected chi connectivity index (χ4v) is 1.53. The third kappa shape index (κ3) is 2.44. The molecule has 0 aliphatic rings. The predicted molar refractivity (Wildman–Crippen MR) is 64.6 cm³/mol. The molecule has 17 heavy (non-hydrogen) atoms. The lowest BCUT2D eigenvalue weighted by Gasteiger charge is -2.04. The smallest absolute Gasteiger partial charge is 0.358 e. The summed E-state index contributed by atoms with van der Waals surface area (Å²) in [6.45, 7) is 2.00. The van der Waals surface area contributed by atoms with Gasteiger partial charge in [-0.3, -0.25) is 4.68 Å². The summed E-state index contributed by atoms with van der Waals surface area (Å²) in [4.78, 5) is 11.0. The van der Waals surface area contributed by atoms with E-state index in [0.717, 1.165) is 11.3 Å². The van der Waals surface area contributed by atoms with E-state index >= 15 is 0 Å². The van der Waals surface area contributed by atoms with Gasteiger partial charge in [0.15, 0.2) is 5.69 Å². The molecule has 2 N–H and O–H groups in total. The molecule has 0 aliphatic carbocycles. The third-order valence-corrected chi connectivity index (χ3v) is 2.36. The van der Waals surface area contributed by atoms with Crippen molar-refractivity contribution >= 4 is 17.3 Å². The molecule has 0 amide bonds. The maximum atomic E-state index is 11.0. The quantitative estimate of drug-likeness (QED) is 0.849. The average molecular weight is 231 g/mol. The molecule has 0 atom stereocenters. The number of carbonyl (C=O) groups is 1. The van der Waals surface area contributed by atoms with Crippen molar-refractivity contribution in [3.05, 3.63) is 41.7 Å². The lowest BCUT2D eigenvalue weighted by Crippen LogP contribution is -2.02. The Morgan fingerprint density at radius 1 is 1.35 bits per heavy atom. The van der Waals surface area contributed by atoms with Crippen LogP contribution in [0.1, 0.15) is 16.1 Å². The summed E-state index contributed by atoms with van der Waals surface area (Å²) in [5.74, 6) is -1.04. The highest BCUT2D eigenvalue weighted by Crippen LogP contribution is 2.20. The second-order valence-electron chi connectivity index (χ2n) is 3.86. The van der Waals surface area contributed by atoms with Crippen molar-refractivity contribution in [2.45, 2.75) is 6.92 Å². The van der Waals surface area contributed by atoms with E-state index in [-0.39, 0.29) is 5.69 Å². The lowest BCUT2D eigenvalue weighted by atomic mass is 10.2. The Morgan fingerprint density at radius 3 is 2.59 bits per heavy atom. The molecular formula is C12H13N3O2. The van der Waals surface area contributed by atoms with Gasteiger partial charge < -0.3 is 10.4 Å². The molecule has 0 radical (unpaired) electrons. The zero-order valence-corrected chi connectivity index (χ0v) is 9.64. The van der Waals surface area contributed by atoms with Crippen LogP contribution in [0.5, 0.6) is 0 Å². The summed E-state index contributed by atoms with van der Waals surface area (Å²) in [6.07, 6.45) is 1.64. The maximum absolute atomic E-state index is 11.0. The molecule has 2 rings (SSSR count). The summed E-state index contributed by atoms with van der Waals surface area (Å²) in [5, 5.41) is 15.9. The number of hydrogen-bond donors (Lipinski definition) is 2. The van der Waals surface area contributed by atoms with Crippen molar-refractivity contribution in [1.29, 1.82) is 0 Å². The van der Waals surface area contributed by atoms with E-state index in [9.17, 15) is 4.79 Å². The molecule has 1 aromatic carbocycles. The largest absolute Gasteiger partial charge is 0.476 e. The average Bonchev–Trinajstić information content (AvgIpc) is 2.63. The third-order valence-electron chi connectivity index (χ3n) is 2.36. The van der Waals surface area contributed by atoms with Crippen LogP contribution in [0.15, 0.2) is 30.5 Å². The maximum Gasteiger partial charge on any atom is 0.358 e. The summed E-state index contributed by atoms with van der Waals surface area (Å²) >= 11 is 0. The summed E-state index contributed by atoms with van der Waals surface area (Å²) in [5.41, 5.74) is 2.50. The van der Waals surface area contributed by atoms with Gasteiger partial charge in [-0.1, -0.05) is 17.7 Å². The minimum atomic E-state index is -1.04. The number of carboxylic acids is 1. The minimum absolute atomic E-state index is 0.0214. The van der Waals surface area contributed by atoms with Crippen LogP contribution in [0.3, 0.4) is 0 Å². The van der Waals surface area contributed by atoms with Crippen molar-refractivity contribution < 1.29 is 9.90 Å². The Hall–Kier alpha value is -2.30. The summed E-state index contributed by atoms with van der Waals surface area (Å²) in [6, 6.07) is 7.71. The van der Waals surface area contributed by atoms with E-state index in [4.69, 9.17) is 5.11 Å². The van der Waals surface area contributed by atoms with Gasteiger partial charge in [0.2, 0.25) is 0 Å². The van der Waals surface area contributed by atoms with E-state index in [0.29, 0.717) is 5.69 Å². The molecular weight excluding hydrogens is 218 g/mol. The van der Waals surface area contributed by atoms with E-state index in [1.807, 2.05) is 31.2 Å². The topological polar surface area (TPSA) is 67.2 Å². The fourth-order valence-electron chi connectivity index (χ4n) is 1.53. The van der Waals surface area contributed by atoms with E-state index in [2.05, 4.69) is 10.4 Å². The first-order valence-corrected chi connectivity index (χ1v) is 5.17. The predicted octanol–water partition coefficient (Wildman–Crippen LogP) is 2.17. The van der Waals surface area contributed by atoms with Gasteiger partial charge in [-0.2, -0.15) is 5.10 Å².